The first kappa shape index (κ1) is 19.5. The summed E-state index contributed by atoms with van der Waals surface area (Å²) in [5, 5.41) is 5.67. The third-order valence-electron chi connectivity index (χ3n) is 4.66. The Morgan fingerprint density at radius 2 is 1.64 bits per heavy atom. The Morgan fingerprint density at radius 3 is 2.20 bits per heavy atom. The van der Waals surface area contributed by atoms with Gasteiger partial charge in [-0.05, 0) is 46.5 Å². The van der Waals surface area contributed by atoms with Gasteiger partial charge in [0.25, 0.3) is 0 Å². The monoisotopic (exact) mass is 353 g/mol. The minimum absolute atomic E-state index is 0.00704. The molecule has 7 heteroatoms. The number of likely N-dealkylation sites (tertiary alicyclic amines) is 1. The van der Waals surface area contributed by atoms with Crippen molar-refractivity contribution in [1.29, 1.82) is 0 Å². The van der Waals surface area contributed by atoms with Gasteiger partial charge in [-0.25, -0.2) is 4.79 Å². The number of piperidine rings is 1. The molecule has 7 nitrogen and oxygen atoms in total. The van der Waals surface area contributed by atoms with Gasteiger partial charge in [-0.2, -0.15) is 0 Å². The number of rotatable bonds is 4. The summed E-state index contributed by atoms with van der Waals surface area (Å²) in [5.41, 5.74) is -0.500. The van der Waals surface area contributed by atoms with Gasteiger partial charge in [-0.15, -0.1) is 0 Å². The van der Waals surface area contributed by atoms with E-state index in [4.69, 9.17) is 4.74 Å². The van der Waals surface area contributed by atoms with Crippen LogP contribution in [0.2, 0.25) is 0 Å². The lowest BCUT2D eigenvalue weighted by molar-refractivity contribution is -0.128. The predicted molar refractivity (Wildman–Crippen MR) is 93.9 cm³/mol. The molecule has 142 valence electrons. The molecule has 1 aliphatic carbocycles. The summed E-state index contributed by atoms with van der Waals surface area (Å²) < 4.78 is 5.36. The summed E-state index contributed by atoms with van der Waals surface area (Å²) >= 11 is 0. The molecule has 0 aromatic rings. The first-order chi connectivity index (χ1) is 11.7. The van der Waals surface area contributed by atoms with Gasteiger partial charge in [0.05, 0.1) is 6.54 Å². The van der Waals surface area contributed by atoms with E-state index < -0.39 is 5.60 Å². The molecule has 0 atom stereocenters. The molecule has 0 radical (unpaired) electrons. The fourth-order valence-electron chi connectivity index (χ4n) is 3.31. The maximum Gasteiger partial charge on any atom is 0.410 e. The fourth-order valence-corrected chi connectivity index (χ4v) is 3.31. The summed E-state index contributed by atoms with van der Waals surface area (Å²) in [5.74, 6) is -0.0978. The van der Waals surface area contributed by atoms with Crippen molar-refractivity contribution in [3.63, 3.8) is 0 Å². The van der Waals surface area contributed by atoms with Crippen molar-refractivity contribution in [1.82, 2.24) is 15.5 Å². The molecule has 2 fully saturated rings. The van der Waals surface area contributed by atoms with E-state index in [2.05, 4.69) is 10.6 Å². The van der Waals surface area contributed by atoms with Gasteiger partial charge >= 0.3 is 6.09 Å². The van der Waals surface area contributed by atoms with Crippen LogP contribution in [0.3, 0.4) is 0 Å². The average Bonchev–Trinajstić information content (AvgIpc) is 3.06. The van der Waals surface area contributed by atoms with Crippen LogP contribution < -0.4 is 10.6 Å². The Bertz CT molecular complexity index is 487. The van der Waals surface area contributed by atoms with Gasteiger partial charge in [-0.3, -0.25) is 9.59 Å². The van der Waals surface area contributed by atoms with Crippen molar-refractivity contribution in [2.75, 3.05) is 19.6 Å². The average molecular weight is 353 g/mol. The first-order valence-corrected chi connectivity index (χ1v) is 9.29. The van der Waals surface area contributed by atoms with Crippen LogP contribution in [-0.4, -0.2) is 54.1 Å². The van der Waals surface area contributed by atoms with E-state index in [-0.39, 0.29) is 36.4 Å². The van der Waals surface area contributed by atoms with E-state index in [0.29, 0.717) is 25.9 Å². The largest absolute Gasteiger partial charge is 0.444 e. The minimum atomic E-state index is -0.500. The molecular formula is C18H31N3O4. The molecule has 1 aliphatic heterocycles. The van der Waals surface area contributed by atoms with Crippen LogP contribution in [0.25, 0.3) is 0 Å². The lowest BCUT2D eigenvalue weighted by atomic mass is 10.1. The number of nitrogens with one attached hydrogen (secondary N) is 2. The van der Waals surface area contributed by atoms with Gasteiger partial charge < -0.3 is 20.3 Å². The summed E-state index contributed by atoms with van der Waals surface area (Å²) in [7, 11) is 0. The van der Waals surface area contributed by atoms with E-state index in [1.807, 2.05) is 20.8 Å². The van der Waals surface area contributed by atoms with Crippen LogP contribution in [-0.2, 0) is 14.3 Å². The van der Waals surface area contributed by atoms with Crippen LogP contribution in [0.4, 0.5) is 4.79 Å². The maximum absolute atomic E-state index is 12.0. The number of amides is 3. The molecule has 25 heavy (non-hydrogen) atoms. The summed E-state index contributed by atoms with van der Waals surface area (Å²) in [6.07, 6.45) is 5.14. The van der Waals surface area contributed by atoms with Crippen LogP contribution in [0.5, 0.6) is 0 Å². The molecule has 2 N–H and O–H groups in total. The number of hydrogen-bond acceptors (Lipinski definition) is 4. The van der Waals surface area contributed by atoms with Gasteiger partial charge in [0.1, 0.15) is 5.60 Å². The lowest BCUT2D eigenvalue weighted by Gasteiger charge is -2.33. The van der Waals surface area contributed by atoms with Gasteiger partial charge in [0, 0.05) is 25.0 Å². The minimum Gasteiger partial charge on any atom is -0.444 e. The van der Waals surface area contributed by atoms with Crippen molar-refractivity contribution in [3.05, 3.63) is 0 Å². The second kappa shape index (κ2) is 8.54. The van der Waals surface area contributed by atoms with Crippen LogP contribution in [0, 0.1) is 5.92 Å². The standard InChI is InChI=1S/C18H31N3O4/c1-18(2,3)25-17(24)21-10-8-14(9-11-21)20-15(22)12-19-16(23)13-6-4-5-7-13/h13-14H,4-12H2,1-3H3,(H,19,23)(H,20,22). The SMILES string of the molecule is CC(C)(C)OC(=O)N1CCC(NC(=O)CNC(=O)C2CCCC2)CC1. The van der Waals surface area contributed by atoms with Gasteiger partial charge in [-0.1, -0.05) is 12.8 Å². The number of hydrogen-bond donors (Lipinski definition) is 2. The van der Waals surface area contributed by atoms with E-state index in [9.17, 15) is 14.4 Å². The Kier molecular flexibility index (Phi) is 6.67. The molecular weight excluding hydrogens is 322 g/mol. The fraction of sp³-hybridized carbons (Fsp3) is 0.833. The first-order valence-electron chi connectivity index (χ1n) is 9.29. The molecule has 1 saturated carbocycles. The van der Waals surface area contributed by atoms with Crippen LogP contribution in [0.1, 0.15) is 59.3 Å². The predicted octanol–water partition coefficient (Wildman–Crippen LogP) is 1.81. The Morgan fingerprint density at radius 1 is 1.04 bits per heavy atom. The van der Waals surface area contributed by atoms with Crippen molar-refractivity contribution in [2.24, 2.45) is 5.92 Å². The third-order valence-corrected chi connectivity index (χ3v) is 4.66. The van der Waals surface area contributed by atoms with Crippen LogP contribution >= 0.6 is 0 Å². The Labute approximate surface area is 149 Å². The highest BCUT2D eigenvalue weighted by Crippen LogP contribution is 2.24. The highest BCUT2D eigenvalue weighted by Gasteiger charge is 2.28. The number of nitrogens with zero attached hydrogens (tertiary/aromatic N) is 1. The number of carbonyl (C=O) groups excluding carboxylic acids is 3. The van der Waals surface area contributed by atoms with E-state index in [0.717, 1.165) is 25.7 Å². The smallest absolute Gasteiger partial charge is 0.410 e. The number of ether oxygens (including phenoxy) is 1. The molecule has 3 amide bonds. The zero-order valence-electron chi connectivity index (χ0n) is 15.6. The molecule has 1 saturated heterocycles. The van der Waals surface area contributed by atoms with Crippen molar-refractivity contribution < 1.29 is 19.1 Å². The highest BCUT2D eigenvalue weighted by atomic mass is 16.6. The van der Waals surface area contributed by atoms with E-state index in [1.54, 1.807) is 4.90 Å². The summed E-state index contributed by atoms with van der Waals surface area (Å²) in [6, 6.07) is 0.0366. The lowest BCUT2D eigenvalue weighted by Crippen LogP contribution is -2.49. The quantitative estimate of drug-likeness (QED) is 0.807. The number of carbonyl (C=O) groups is 3. The Balaban J connectivity index is 1.64. The van der Waals surface area contributed by atoms with Gasteiger partial charge in [0.2, 0.25) is 11.8 Å². The Hall–Kier alpha value is -1.79. The molecule has 0 aromatic carbocycles. The second-order valence-electron chi connectivity index (χ2n) is 8.01. The zero-order chi connectivity index (χ0) is 18.4. The van der Waals surface area contributed by atoms with Crippen molar-refractivity contribution in [3.8, 4) is 0 Å². The summed E-state index contributed by atoms with van der Waals surface area (Å²) in [4.78, 5) is 37.6. The molecule has 2 aliphatic rings. The molecule has 0 unspecified atom stereocenters. The molecule has 0 spiro atoms. The second-order valence-corrected chi connectivity index (χ2v) is 8.01. The molecule has 0 bridgehead atoms. The van der Waals surface area contributed by atoms with Gasteiger partial charge in [0.15, 0.2) is 0 Å². The van der Waals surface area contributed by atoms with Crippen LogP contribution in [0.15, 0.2) is 0 Å². The topological polar surface area (TPSA) is 87.7 Å². The van der Waals surface area contributed by atoms with Crippen molar-refractivity contribution in [2.45, 2.75) is 70.9 Å². The van der Waals surface area contributed by atoms with E-state index in [1.165, 1.54) is 0 Å². The molecule has 0 aromatic heterocycles. The maximum atomic E-state index is 12.0. The zero-order valence-corrected chi connectivity index (χ0v) is 15.6. The highest BCUT2D eigenvalue weighted by molar-refractivity contribution is 5.86. The summed E-state index contributed by atoms with van der Waals surface area (Å²) in [6.45, 7) is 6.69. The molecule has 2 rings (SSSR count). The van der Waals surface area contributed by atoms with E-state index >= 15 is 0 Å². The molecule has 1 heterocycles. The normalized spacial score (nSPS) is 19.6. The third kappa shape index (κ3) is 6.55. The van der Waals surface area contributed by atoms with Crippen molar-refractivity contribution >= 4 is 17.9 Å².